The highest BCUT2D eigenvalue weighted by molar-refractivity contribution is 7.99. The Balaban J connectivity index is 2.23. The molecule has 18 heavy (non-hydrogen) atoms. The number of aromatic nitrogens is 1. The molecule has 0 saturated carbocycles. The smallest absolute Gasteiger partial charge is 0.311 e. The van der Waals surface area contributed by atoms with Gasteiger partial charge >= 0.3 is 5.97 Å². The molecule has 0 aliphatic heterocycles. The minimum atomic E-state index is -0.214. The number of esters is 1. The van der Waals surface area contributed by atoms with Crippen LogP contribution in [-0.2, 0) is 16.0 Å². The van der Waals surface area contributed by atoms with Crippen LogP contribution in [0.25, 0.3) is 0 Å². The Kier molecular flexibility index (Phi) is 7.84. The third kappa shape index (κ3) is 6.26. The van der Waals surface area contributed by atoms with Gasteiger partial charge in [0, 0.05) is 11.9 Å². The molecule has 6 heteroatoms. The lowest BCUT2D eigenvalue weighted by atomic mass is 10.3. The van der Waals surface area contributed by atoms with E-state index in [0.29, 0.717) is 6.61 Å². The monoisotopic (exact) mass is 288 g/mol. The maximum absolute atomic E-state index is 11.3. The number of anilines is 1. The summed E-state index contributed by atoms with van der Waals surface area (Å²) in [6, 6.07) is 0. The van der Waals surface area contributed by atoms with Crippen molar-refractivity contribution < 1.29 is 9.53 Å². The van der Waals surface area contributed by atoms with Crippen LogP contribution in [-0.4, -0.2) is 35.6 Å². The Hall–Kier alpha value is -0.750. The molecular formula is C12H20N2O2S2. The van der Waals surface area contributed by atoms with Gasteiger partial charge in [-0.05, 0) is 24.9 Å². The maximum atomic E-state index is 11.3. The second-order valence-electron chi connectivity index (χ2n) is 3.60. The summed E-state index contributed by atoms with van der Waals surface area (Å²) in [5, 5.41) is 6.06. The van der Waals surface area contributed by atoms with E-state index in [1.165, 1.54) is 22.8 Å². The van der Waals surface area contributed by atoms with Crippen molar-refractivity contribution in [2.75, 3.05) is 30.0 Å². The minimum Gasteiger partial charge on any atom is -0.466 e. The molecule has 1 aromatic heterocycles. The second-order valence-corrected chi connectivity index (χ2v) is 5.85. The van der Waals surface area contributed by atoms with Gasteiger partial charge in [0.2, 0.25) is 0 Å². The van der Waals surface area contributed by atoms with Gasteiger partial charge in [0.1, 0.15) is 0 Å². The number of thiazole rings is 1. The van der Waals surface area contributed by atoms with E-state index in [1.54, 1.807) is 6.92 Å². The average molecular weight is 288 g/mol. The number of thioether (sulfide) groups is 1. The number of hydrogen-bond acceptors (Lipinski definition) is 6. The zero-order chi connectivity index (χ0) is 13.2. The molecule has 0 unspecified atom stereocenters. The largest absolute Gasteiger partial charge is 0.466 e. The highest BCUT2D eigenvalue weighted by Crippen LogP contribution is 2.16. The summed E-state index contributed by atoms with van der Waals surface area (Å²) in [5.41, 5.74) is 0.781. The number of hydrogen-bond donors (Lipinski definition) is 1. The van der Waals surface area contributed by atoms with Gasteiger partial charge in [-0.2, -0.15) is 11.8 Å². The fraction of sp³-hybridized carbons (Fsp3) is 0.667. The topological polar surface area (TPSA) is 51.2 Å². The fourth-order valence-corrected chi connectivity index (χ4v) is 2.72. The van der Waals surface area contributed by atoms with Gasteiger partial charge in [0.05, 0.1) is 18.7 Å². The first kappa shape index (κ1) is 15.3. The quantitative estimate of drug-likeness (QED) is 0.559. The fourth-order valence-electron chi connectivity index (χ4n) is 1.34. The zero-order valence-corrected chi connectivity index (χ0v) is 12.5. The molecule has 0 aliphatic carbocycles. The van der Waals surface area contributed by atoms with Crippen molar-refractivity contribution in [2.24, 2.45) is 0 Å². The van der Waals surface area contributed by atoms with Crippen molar-refractivity contribution in [3.8, 4) is 0 Å². The normalized spacial score (nSPS) is 10.3. The van der Waals surface area contributed by atoms with Gasteiger partial charge < -0.3 is 10.1 Å². The predicted octanol–water partition coefficient (Wildman–Crippen LogP) is 2.80. The molecular weight excluding hydrogens is 268 g/mol. The molecule has 1 N–H and O–H groups in total. The van der Waals surface area contributed by atoms with E-state index in [2.05, 4.69) is 17.2 Å². The van der Waals surface area contributed by atoms with Crippen LogP contribution in [0.15, 0.2) is 5.38 Å². The van der Waals surface area contributed by atoms with E-state index < -0.39 is 0 Å². The number of rotatable bonds is 9. The third-order valence-electron chi connectivity index (χ3n) is 2.13. The predicted molar refractivity (Wildman–Crippen MR) is 78.6 cm³/mol. The van der Waals surface area contributed by atoms with E-state index >= 15 is 0 Å². The van der Waals surface area contributed by atoms with Gasteiger partial charge in [-0.25, -0.2) is 4.98 Å². The molecule has 102 valence electrons. The van der Waals surface area contributed by atoms with Crippen LogP contribution >= 0.6 is 23.1 Å². The zero-order valence-electron chi connectivity index (χ0n) is 10.9. The summed E-state index contributed by atoms with van der Waals surface area (Å²) in [4.78, 5) is 15.6. The molecule has 0 fully saturated rings. The van der Waals surface area contributed by atoms with Crippen LogP contribution in [0.5, 0.6) is 0 Å². The van der Waals surface area contributed by atoms with Crippen molar-refractivity contribution in [1.82, 2.24) is 4.98 Å². The molecule has 0 aromatic carbocycles. The molecule has 1 rings (SSSR count). The van der Waals surface area contributed by atoms with Crippen LogP contribution in [0.3, 0.4) is 0 Å². The molecule has 0 saturated heterocycles. The number of nitrogens with one attached hydrogen (secondary N) is 1. The molecule has 1 aromatic rings. The molecule has 1 heterocycles. The van der Waals surface area contributed by atoms with Crippen molar-refractivity contribution in [1.29, 1.82) is 0 Å². The number of carbonyl (C=O) groups excluding carboxylic acids is 1. The van der Waals surface area contributed by atoms with Crippen LogP contribution < -0.4 is 5.32 Å². The van der Waals surface area contributed by atoms with Gasteiger partial charge in [-0.1, -0.05) is 6.92 Å². The van der Waals surface area contributed by atoms with Crippen LogP contribution in [0, 0.1) is 0 Å². The Bertz CT molecular complexity index is 356. The minimum absolute atomic E-state index is 0.214. The van der Waals surface area contributed by atoms with E-state index in [0.717, 1.165) is 23.8 Å². The van der Waals surface area contributed by atoms with E-state index in [1.807, 2.05) is 17.1 Å². The van der Waals surface area contributed by atoms with Gasteiger partial charge in [-0.15, -0.1) is 11.3 Å². The number of ether oxygens (including phenoxy) is 1. The molecule has 0 radical (unpaired) electrons. The van der Waals surface area contributed by atoms with E-state index in [9.17, 15) is 4.79 Å². The highest BCUT2D eigenvalue weighted by Gasteiger charge is 2.07. The second kappa shape index (κ2) is 9.22. The lowest BCUT2D eigenvalue weighted by Crippen LogP contribution is -2.08. The average Bonchev–Trinajstić information content (AvgIpc) is 2.77. The van der Waals surface area contributed by atoms with Crippen LogP contribution in [0.1, 0.15) is 26.0 Å². The summed E-state index contributed by atoms with van der Waals surface area (Å²) in [6.07, 6.45) is 1.39. The van der Waals surface area contributed by atoms with E-state index in [4.69, 9.17) is 4.74 Å². The summed E-state index contributed by atoms with van der Waals surface area (Å²) in [5.74, 6) is 2.12. The van der Waals surface area contributed by atoms with Crippen molar-refractivity contribution in [3.63, 3.8) is 0 Å². The molecule has 0 bridgehead atoms. The standard InChI is InChI=1S/C12H20N2O2S2/c1-3-16-11(15)8-10-9-18-12(14-10)13-6-5-7-17-4-2/h9H,3-8H2,1-2H3,(H,13,14). The Morgan fingerprint density at radius 1 is 1.56 bits per heavy atom. The molecule has 0 atom stereocenters. The summed E-state index contributed by atoms with van der Waals surface area (Å²) < 4.78 is 4.88. The lowest BCUT2D eigenvalue weighted by molar-refractivity contribution is -0.142. The van der Waals surface area contributed by atoms with Gasteiger partial charge in [-0.3, -0.25) is 4.79 Å². The first-order valence-electron chi connectivity index (χ1n) is 6.17. The summed E-state index contributed by atoms with van der Waals surface area (Å²) in [6.45, 7) is 5.32. The van der Waals surface area contributed by atoms with Crippen molar-refractivity contribution >= 4 is 34.2 Å². The van der Waals surface area contributed by atoms with Crippen LogP contribution in [0.4, 0.5) is 5.13 Å². The first-order valence-corrected chi connectivity index (χ1v) is 8.21. The summed E-state index contributed by atoms with van der Waals surface area (Å²) in [7, 11) is 0. The van der Waals surface area contributed by atoms with Crippen molar-refractivity contribution in [2.45, 2.75) is 26.7 Å². The molecule has 4 nitrogen and oxygen atoms in total. The molecule has 0 aliphatic rings. The van der Waals surface area contributed by atoms with Gasteiger partial charge in [0.25, 0.3) is 0 Å². The number of carbonyl (C=O) groups is 1. The SMILES string of the molecule is CCOC(=O)Cc1csc(NCCCSCC)n1. The maximum Gasteiger partial charge on any atom is 0.311 e. The Morgan fingerprint density at radius 2 is 2.39 bits per heavy atom. The van der Waals surface area contributed by atoms with Crippen molar-refractivity contribution in [3.05, 3.63) is 11.1 Å². The van der Waals surface area contributed by atoms with E-state index in [-0.39, 0.29) is 12.4 Å². The summed E-state index contributed by atoms with van der Waals surface area (Å²) >= 11 is 3.48. The number of nitrogens with zero attached hydrogens (tertiary/aromatic N) is 1. The molecule has 0 spiro atoms. The Morgan fingerprint density at radius 3 is 3.11 bits per heavy atom. The molecule has 0 amide bonds. The van der Waals surface area contributed by atoms with Crippen LogP contribution in [0.2, 0.25) is 0 Å². The third-order valence-corrected chi connectivity index (χ3v) is 3.96. The Labute approximate surface area is 117 Å². The highest BCUT2D eigenvalue weighted by atomic mass is 32.2. The first-order chi connectivity index (χ1) is 8.76. The lowest BCUT2D eigenvalue weighted by Gasteiger charge is -2.01. The van der Waals surface area contributed by atoms with Gasteiger partial charge in [0.15, 0.2) is 5.13 Å².